The summed E-state index contributed by atoms with van der Waals surface area (Å²) in [7, 11) is 1.60. The van der Waals surface area contributed by atoms with Crippen LogP contribution in [0.15, 0.2) is 78.5 Å². The molecule has 0 aliphatic carbocycles. The Labute approximate surface area is 192 Å². The Morgan fingerprint density at radius 3 is 2.16 bits per heavy atom. The number of imide groups is 1. The maximum atomic E-state index is 13.3. The topological polar surface area (TPSA) is 58.6 Å². The molecule has 0 spiro atoms. The molecule has 0 unspecified atom stereocenters. The van der Waals surface area contributed by atoms with Crippen LogP contribution in [0.2, 0.25) is 5.02 Å². The molecule has 4 rings (SSSR count). The molecule has 162 valence electrons. The molecule has 0 atom stereocenters. The van der Waals surface area contributed by atoms with E-state index in [4.69, 9.17) is 16.3 Å². The zero-order chi connectivity index (χ0) is 22.7. The molecule has 0 saturated heterocycles. The first kappa shape index (κ1) is 21.7. The third kappa shape index (κ3) is 4.53. The number of hydrogen-bond acceptors (Lipinski definition) is 4. The molecule has 1 aliphatic rings. The van der Waals surface area contributed by atoms with Crippen molar-refractivity contribution in [2.45, 2.75) is 13.3 Å². The molecule has 0 aromatic heterocycles. The van der Waals surface area contributed by atoms with E-state index in [-0.39, 0.29) is 24.1 Å². The van der Waals surface area contributed by atoms with E-state index in [0.717, 1.165) is 11.1 Å². The van der Waals surface area contributed by atoms with Crippen molar-refractivity contribution >= 4 is 34.7 Å². The third-order valence-corrected chi connectivity index (χ3v) is 5.66. The lowest BCUT2D eigenvalue weighted by Crippen LogP contribution is -2.34. The molecule has 5 nitrogen and oxygen atoms in total. The fourth-order valence-electron chi connectivity index (χ4n) is 3.59. The molecule has 32 heavy (non-hydrogen) atoms. The van der Waals surface area contributed by atoms with Gasteiger partial charge in [0.2, 0.25) is 0 Å². The number of ether oxygens (including phenoxy) is 1. The number of hydrogen-bond donors (Lipinski definition) is 1. The van der Waals surface area contributed by atoms with Crippen molar-refractivity contribution in [1.29, 1.82) is 0 Å². The van der Waals surface area contributed by atoms with Gasteiger partial charge in [0.05, 0.1) is 12.7 Å². The number of rotatable bonds is 7. The number of methoxy groups -OCH3 is 1. The number of carbonyl (C=O) groups is 2. The number of aryl methyl sites for hydroxylation is 1. The number of nitrogens with zero attached hydrogens (tertiary/aromatic N) is 1. The van der Waals surface area contributed by atoms with E-state index in [0.29, 0.717) is 34.0 Å². The van der Waals surface area contributed by atoms with Crippen LogP contribution in [0.1, 0.15) is 16.7 Å². The smallest absolute Gasteiger partial charge is 0.278 e. The Bertz CT molecular complexity index is 1170. The minimum absolute atomic E-state index is 0.278. The zero-order valence-electron chi connectivity index (χ0n) is 17.9. The standard InChI is InChI=1S/C26H23ClN2O3/c1-17-3-7-19(8-4-17)23-24(28-21-11-13-22(32-2)14-12-21)26(31)29(25(23)30)16-15-18-5-9-20(27)10-6-18/h3-14,28H,15-16H2,1-2H3. The first-order valence-electron chi connectivity index (χ1n) is 10.3. The quantitative estimate of drug-likeness (QED) is 0.513. The summed E-state index contributed by atoms with van der Waals surface area (Å²) in [5.74, 6) is 0.0703. The molecule has 1 aliphatic heterocycles. The van der Waals surface area contributed by atoms with Gasteiger partial charge in [0, 0.05) is 17.3 Å². The molecule has 3 aromatic carbocycles. The van der Waals surface area contributed by atoms with Crippen LogP contribution in [0.5, 0.6) is 5.75 Å². The van der Waals surface area contributed by atoms with Gasteiger partial charge in [-0.3, -0.25) is 14.5 Å². The molecule has 0 fully saturated rings. The Kier molecular flexibility index (Phi) is 6.28. The highest BCUT2D eigenvalue weighted by atomic mass is 35.5. The number of anilines is 1. The molecule has 2 amide bonds. The van der Waals surface area contributed by atoms with Gasteiger partial charge < -0.3 is 10.1 Å². The van der Waals surface area contributed by atoms with Crippen LogP contribution >= 0.6 is 11.6 Å². The average molecular weight is 447 g/mol. The Morgan fingerprint density at radius 1 is 0.875 bits per heavy atom. The van der Waals surface area contributed by atoms with Crippen molar-refractivity contribution < 1.29 is 14.3 Å². The molecule has 1 heterocycles. The van der Waals surface area contributed by atoms with Gasteiger partial charge in [0.1, 0.15) is 11.4 Å². The van der Waals surface area contributed by atoms with E-state index in [9.17, 15) is 9.59 Å². The number of amides is 2. The zero-order valence-corrected chi connectivity index (χ0v) is 18.6. The molecule has 6 heteroatoms. The van der Waals surface area contributed by atoms with Gasteiger partial charge in [-0.25, -0.2) is 0 Å². The summed E-state index contributed by atoms with van der Waals surface area (Å²) in [5.41, 5.74) is 4.14. The fraction of sp³-hybridized carbons (Fsp3) is 0.154. The van der Waals surface area contributed by atoms with E-state index in [2.05, 4.69) is 5.32 Å². The van der Waals surface area contributed by atoms with E-state index in [1.54, 1.807) is 31.4 Å². The minimum atomic E-state index is -0.338. The second-order valence-electron chi connectivity index (χ2n) is 7.61. The van der Waals surface area contributed by atoms with Crippen LogP contribution in [0, 0.1) is 6.92 Å². The highest BCUT2D eigenvalue weighted by Gasteiger charge is 2.38. The predicted molar refractivity (Wildman–Crippen MR) is 127 cm³/mol. The second-order valence-corrected chi connectivity index (χ2v) is 8.04. The first-order valence-corrected chi connectivity index (χ1v) is 10.7. The molecule has 3 aromatic rings. The van der Waals surface area contributed by atoms with Crippen LogP contribution in [0.3, 0.4) is 0 Å². The van der Waals surface area contributed by atoms with Gasteiger partial charge >= 0.3 is 0 Å². The van der Waals surface area contributed by atoms with E-state index >= 15 is 0 Å². The molecule has 0 saturated carbocycles. The second kappa shape index (κ2) is 9.28. The van der Waals surface area contributed by atoms with Crippen LogP contribution in [0.25, 0.3) is 5.57 Å². The van der Waals surface area contributed by atoms with Crippen LogP contribution in [-0.2, 0) is 16.0 Å². The van der Waals surface area contributed by atoms with Gasteiger partial charge in [-0.05, 0) is 60.9 Å². The fourth-order valence-corrected chi connectivity index (χ4v) is 3.72. The van der Waals surface area contributed by atoms with Crippen molar-refractivity contribution in [1.82, 2.24) is 4.90 Å². The van der Waals surface area contributed by atoms with Gasteiger partial charge in [-0.15, -0.1) is 0 Å². The number of benzene rings is 3. The molecular formula is C26H23ClN2O3. The van der Waals surface area contributed by atoms with E-state index in [1.807, 2.05) is 55.5 Å². The van der Waals surface area contributed by atoms with Gasteiger partial charge in [0.15, 0.2) is 0 Å². The molecule has 0 bridgehead atoms. The normalized spacial score (nSPS) is 13.7. The number of carbonyl (C=O) groups excluding carboxylic acids is 2. The predicted octanol–water partition coefficient (Wildman–Crippen LogP) is 5.09. The van der Waals surface area contributed by atoms with Gasteiger partial charge in [0.25, 0.3) is 11.8 Å². The maximum Gasteiger partial charge on any atom is 0.278 e. The summed E-state index contributed by atoms with van der Waals surface area (Å²) < 4.78 is 5.20. The van der Waals surface area contributed by atoms with Crippen LogP contribution in [0.4, 0.5) is 5.69 Å². The Morgan fingerprint density at radius 2 is 1.53 bits per heavy atom. The minimum Gasteiger partial charge on any atom is -0.497 e. The lowest BCUT2D eigenvalue weighted by molar-refractivity contribution is -0.136. The van der Waals surface area contributed by atoms with Crippen LogP contribution < -0.4 is 10.1 Å². The summed E-state index contributed by atoms with van der Waals surface area (Å²) >= 11 is 5.96. The summed E-state index contributed by atoms with van der Waals surface area (Å²) in [6, 6.07) is 22.2. The average Bonchev–Trinajstić information content (AvgIpc) is 3.03. The lowest BCUT2D eigenvalue weighted by atomic mass is 10.0. The first-order chi connectivity index (χ1) is 15.5. The molecular weight excluding hydrogens is 424 g/mol. The van der Waals surface area contributed by atoms with E-state index < -0.39 is 0 Å². The highest BCUT2D eigenvalue weighted by Crippen LogP contribution is 2.31. The van der Waals surface area contributed by atoms with Crippen molar-refractivity contribution in [2.75, 3.05) is 19.0 Å². The highest BCUT2D eigenvalue weighted by molar-refractivity contribution is 6.36. The van der Waals surface area contributed by atoms with Crippen molar-refractivity contribution in [3.63, 3.8) is 0 Å². The van der Waals surface area contributed by atoms with Gasteiger partial charge in [-0.1, -0.05) is 53.6 Å². The molecule has 1 N–H and O–H groups in total. The van der Waals surface area contributed by atoms with Crippen molar-refractivity contribution in [3.05, 3.63) is 100 Å². The Hall–Kier alpha value is -3.57. The Balaban J connectivity index is 1.64. The summed E-state index contributed by atoms with van der Waals surface area (Å²) in [6.45, 7) is 2.26. The molecule has 0 radical (unpaired) electrons. The van der Waals surface area contributed by atoms with Crippen LogP contribution in [-0.4, -0.2) is 30.4 Å². The van der Waals surface area contributed by atoms with Gasteiger partial charge in [-0.2, -0.15) is 0 Å². The third-order valence-electron chi connectivity index (χ3n) is 5.40. The van der Waals surface area contributed by atoms with Crippen molar-refractivity contribution in [3.8, 4) is 5.75 Å². The number of halogens is 1. The number of nitrogens with one attached hydrogen (secondary N) is 1. The SMILES string of the molecule is COc1ccc(NC2=C(c3ccc(C)cc3)C(=O)N(CCc3ccc(Cl)cc3)C2=O)cc1. The summed E-state index contributed by atoms with van der Waals surface area (Å²) in [5, 5.41) is 3.82. The van der Waals surface area contributed by atoms with E-state index in [1.165, 1.54) is 4.90 Å². The summed E-state index contributed by atoms with van der Waals surface area (Å²) in [4.78, 5) is 28.0. The maximum absolute atomic E-state index is 13.3. The lowest BCUT2D eigenvalue weighted by Gasteiger charge is -2.15. The van der Waals surface area contributed by atoms with Crippen molar-refractivity contribution in [2.24, 2.45) is 0 Å². The monoisotopic (exact) mass is 446 g/mol. The largest absolute Gasteiger partial charge is 0.497 e. The summed E-state index contributed by atoms with van der Waals surface area (Å²) in [6.07, 6.45) is 0.547.